The minimum Gasteiger partial charge on any atom is -0.481 e. The molecule has 0 radical (unpaired) electrons. The summed E-state index contributed by atoms with van der Waals surface area (Å²) < 4.78 is 5.07. The average molecular weight is 266 g/mol. The molecule has 20 heavy (non-hydrogen) atoms. The number of aliphatic hydroxyl groups is 1. The molecule has 2 aromatic carbocycles. The summed E-state index contributed by atoms with van der Waals surface area (Å²) >= 11 is 0. The van der Waals surface area contributed by atoms with Gasteiger partial charge in [0.25, 0.3) is 0 Å². The van der Waals surface area contributed by atoms with E-state index in [9.17, 15) is 5.11 Å². The largest absolute Gasteiger partial charge is 0.481 e. The highest BCUT2D eigenvalue weighted by Crippen LogP contribution is 2.28. The zero-order valence-corrected chi connectivity index (χ0v) is 11.0. The quantitative estimate of drug-likeness (QED) is 0.792. The van der Waals surface area contributed by atoms with Crippen LogP contribution in [0.3, 0.4) is 0 Å². The molecule has 3 rings (SSSR count). The number of aliphatic hydroxyl groups excluding tert-OH is 1. The summed E-state index contributed by atoms with van der Waals surface area (Å²) in [6, 6.07) is 15.4. The minimum absolute atomic E-state index is 0.439. The Morgan fingerprint density at radius 2 is 1.85 bits per heavy atom. The molecular weight excluding hydrogens is 252 g/mol. The van der Waals surface area contributed by atoms with Gasteiger partial charge < -0.3 is 9.84 Å². The van der Waals surface area contributed by atoms with Gasteiger partial charge in [-0.15, -0.1) is 0 Å². The monoisotopic (exact) mass is 266 g/mol. The molecule has 0 aliphatic heterocycles. The van der Waals surface area contributed by atoms with Crippen molar-refractivity contribution in [2.24, 2.45) is 0 Å². The Labute approximate surface area is 116 Å². The number of nitrogens with zero attached hydrogens (tertiary/aromatic N) is 2. The number of rotatable bonds is 3. The highest BCUT2D eigenvalue weighted by atomic mass is 16.5. The molecule has 1 aromatic heterocycles. The molecule has 4 nitrogen and oxygen atoms in total. The lowest BCUT2D eigenvalue weighted by atomic mass is 9.98. The lowest BCUT2D eigenvalue weighted by Gasteiger charge is -2.13. The number of ether oxygens (including phenoxy) is 1. The van der Waals surface area contributed by atoms with Gasteiger partial charge in [-0.3, -0.25) is 0 Å². The van der Waals surface area contributed by atoms with Crippen molar-refractivity contribution in [1.82, 2.24) is 9.97 Å². The maximum Gasteiger partial charge on any atom is 0.216 e. The Morgan fingerprint density at radius 1 is 1.05 bits per heavy atom. The predicted octanol–water partition coefficient (Wildman–Crippen LogP) is 2.72. The highest BCUT2D eigenvalue weighted by molar-refractivity contribution is 5.86. The maximum atomic E-state index is 10.6. The van der Waals surface area contributed by atoms with Crippen molar-refractivity contribution in [2.45, 2.75) is 6.10 Å². The maximum absolute atomic E-state index is 10.6. The Balaban J connectivity index is 2.10. The Kier molecular flexibility index (Phi) is 3.31. The second-order valence-corrected chi connectivity index (χ2v) is 4.46. The average Bonchev–Trinajstić information content (AvgIpc) is 2.53. The molecule has 0 aliphatic rings. The third-order valence-corrected chi connectivity index (χ3v) is 3.27. The van der Waals surface area contributed by atoms with Gasteiger partial charge in [0.15, 0.2) is 0 Å². The molecule has 0 bridgehead atoms. The van der Waals surface area contributed by atoms with Crippen LogP contribution in [0.15, 0.2) is 54.9 Å². The van der Waals surface area contributed by atoms with Crippen LogP contribution in [0.5, 0.6) is 5.88 Å². The summed E-state index contributed by atoms with van der Waals surface area (Å²) in [5.74, 6) is 0.439. The molecule has 3 aromatic rings. The molecule has 0 saturated heterocycles. The molecular formula is C16H14N2O2. The molecule has 1 heterocycles. The number of fused-ring (bicyclic) bond motifs is 1. The van der Waals surface area contributed by atoms with E-state index in [0.717, 1.165) is 16.3 Å². The van der Waals surface area contributed by atoms with E-state index in [2.05, 4.69) is 9.97 Å². The van der Waals surface area contributed by atoms with Crippen molar-refractivity contribution >= 4 is 10.8 Å². The first-order valence-corrected chi connectivity index (χ1v) is 6.31. The van der Waals surface area contributed by atoms with Gasteiger partial charge in [0.05, 0.1) is 12.8 Å². The zero-order chi connectivity index (χ0) is 13.9. The van der Waals surface area contributed by atoms with E-state index in [4.69, 9.17) is 4.74 Å². The third-order valence-electron chi connectivity index (χ3n) is 3.27. The number of benzene rings is 2. The van der Waals surface area contributed by atoms with E-state index >= 15 is 0 Å². The molecule has 0 amide bonds. The summed E-state index contributed by atoms with van der Waals surface area (Å²) in [4.78, 5) is 8.08. The van der Waals surface area contributed by atoms with E-state index in [1.807, 2.05) is 42.5 Å². The van der Waals surface area contributed by atoms with Crippen LogP contribution in [0.1, 0.15) is 17.4 Å². The van der Waals surface area contributed by atoms with E-state index in [-0.39, 0.29) is 0 Å². The number of hydrogen-bond acceptors (Lipinski definition) is 4. The number of methoxy groups -OCH3 is 1. The Morgan fingerprint density at radius 3 is 2.70 bits per heavy atom. The van der Waals surface area contributed by atoms with Crippen LogP contribution in [-0.4, -0.2) is 22.2 Å². The van der Waals surface area contributed by atoms with Gasteiger partial charge in [-0.25, -0.2) is 9.97 Å². The van der Waals surface area contributed by atoms with E-state index in [1.54, 1.807) is 6.07 Å². The molecule has 0 fully saturated rings. The second-order valence-electron chi connectivity index (χ2n) is 4.46. The molecule has 1 unspecified atom stereocenters. The van der Waals surface area contributed by atoms with Crippen LogP contribution in [0, 0.1) is 0 Å². The third kappa shape index (κ3) is 2.21. The fourth-order valence-corrected chi connectivity index (χ4v) is 2.26. The zero-order valence-electron chi connectivity index (χ0n) is 11.0. The summed E-state index contributed by atoms with van der Waals surface area (Å²) in [5, 5.41) is 12.7. The number of hydrogen-bond donors (Lipinski definition) is 1. The Bertz CT molecular complexity index is 738. The van der Waals surface area contributed by atoms with Crippen LogP contribution in [0.4, 0.5) is 0 Å². The SMILES string of the molecule is COc1cc(C(O)c2cccc3ccccc23)ncn1. The summed E-state index contributed by atoms with van der Waals surface area (Å²) in [6.45, 7) is 0. The molecule has 1 atom stereocenters. The Hall–Kier alpha value is -2.46. The van der Waals surface area contributed by atoms with Crippen LogP contribution in [0.2, 0.25) is 0 Å². The first-order chi connectivity index (χ1) is 9.79. The van der Waals surface area contributed by atoms with Crippen LogP contribution < -0.4 is 4.74 Å². The normalized spacial score (nSPS) is 12.3. The predicted molar refractivity (Wildman–Crippen MR) is 76.6 cm³/mol. The van der Waals surface area contributed by atoms with Gasteiger partial charge in [0, 0.05) is 6.07 Å². The highest BCUT2D eigenvalue weighted by Gasteiger charge is 2.15. The van der Waals surface area contributed by atoms with Gasteiger partial charge >= 0.3 is 0 Å². The summed E-state index contributed by atoms with van der Waals surface area (Å²) in [5.41, 5.74) is 1.34. The van der Waals surface area contributed by atoms with E-state index in [0.29, 0.717) is 11.6 Å². The van der Waals surface area contributed by atoms with E-state index in [1.165, 1.54) is 13.4 Å². The van der Waals surface area contributed by atoms with Crippen molar-refractivity contribution in [3.63, 3.8) is 0 Å². The molecule has 0 spiro atoms. The van der Waals surface area contributed by atoms with Gasteiger partial charge in [-0.1, -0.05) is 42.5 Å². The van der Waals surface area contributed by atoms with Crippen molar-refractivity contribution < 1.29 is 9.84 Å². The minimum atomic E-state index is -0.807. The summed E-state index contributed by atoms with van der Waals surface area (Å²) in [7, 11) is 1.54. The topological polar surface area (TPSA) is 55.2 Å². The second kappa shape index (κ2) is 5.27. The van der Waals surface area contributed by atoms with Crippen molar-refractivity contribution in [1.29, 1.82) is 0 Å². The lowest BCUT2D eigenvalue weighted by Crippen LogP contribution is -2.04. The van der Waals surface area contributed by atoms with Gasteiger partial charge in [0.1, 0.15) is 12.4 Å². The molecule has 0 saturated carbocycles. The van der Waals surface area contributed by atoms with Crippen LogP contribution in [0.25, 0.3) is 10.8 Å². The molecule has 0 aliphatic carbocycles. The lowest BCUT2D eigenvalue weighted by molar-refractivity contribution is 0.216. The standard InChI is InChI=1S/C16H14N2O2/c1-20-15-9-14(17-10-18-15)16(19)13-8-4-6-11-5-2-3-7-12(11)13/h2-10,16,19H,1H3. The van der Waals surface area contributed by atoms with Crippen molar-refractivity contribution in [2.75, 3.05) is 7.11 Å². The smallest absolute Gasteiger partial charge is 0.216 e. The first-order valence-electron chi connectivity index (χ1n) is 6.31. The van der Waals surface area contributed by atoms with E-state index < -0.39 is 6.10 Å². The summed E-state index contributed by atoms with van der Waals surface area (Å²) in [6.07, 6.45) is 0.584. The van der Waals surface area contributed by atoms with Gasteiger partial charge in [-0.05, 0) is 16.3 Å². The number of aromatic nitrogens is 2. The molecule has 4 heteroatoms. The van der Waals surface area contributed by atoms with Gasteiger partial charge in [0.2, 0.25) is 5.88 Å². The first kappa shape index (κ1) is 12.6. The molecule has 1 N–H and O–H groups in total. The fourth-order valence-electron chi connectivity index (χ4n) is 2.26. The van der Waals surface area contributed by atoms with Crippen LogP contribution in [-0.2, 0) is 0 Å². The van der Waals surface area contributed by atoms with Crippen LogP contribution >= 0.6 is 0 Å². The molecule has 100 valence electrons. The van der Waals surface area contributed by atoms with Gasteiger partial charge in [-0.2, -0.15) is 0 Å². The fraction of sp³-hybridized carbons (Fsp3) is 0.125. The van der Waals surface area contributed by atoms with Crippen molar-refractivity contribution in [3.05, 3.63) is 66.1 Å². The van der Waals surface area contributed by atoms with Crippen molar-refractivity contribution in [3.8, 4) is 5.88 Å².